The highest BCUT2D eigenvalue weighted by Crippen LogP contribution is 2.65. The number of hydrogen-bond donors (Lipinski definition) is 1. The molecule has 3 rings (SSSR count). The normalized spacial score (nSPS) is 20.2. The van der Waals surface area contributed by atoms with Crippen LogP contribution in [0.15, 0.2) is 46.9 Å². The van der Waals surface area contributed by atoms with Crippen LogP contribution >= 0.6 is 39.1 Å². The van der Waals surface area contributed by atoms with E-state index in [9.17, 15) is 15.3 Å². The number of nitrogens with zero attached hydrogens (tertiary/aromatic N) is 2. The first-order valence-corrected chi connectivity index (χ1v) is 8.81. The number of carbonyl (C=O) groups is 1. The van der Waals surface area contributed by atoms with E-state index in [1.54, 1.807) is 42.5 Å². The van der Waals surface area contributed by atoms with Crippen LogP contribution in [0.3, 0.4) is 0 Å². The number of nitrogens with one attached hydrogen (secondary N) is 1. The Hall–Kier alpha value is -2.05. The molecule has 1 saturated carbocycles. The first-order valence-electron chi connectivity index (χ1n) is 7.27. The molecule has 0 unspecified atom stereocenters. The molecule has 1 fully saturated rings. The summed E-state index contributed by atoms with van der Waals surface area (Å²) >= 11 is 15.4. The summed E-state index contributed by atoms with van der Waals surface area (Å²) in [5.41, 5.74) is -0.271. The van der Waals surface area contributed by atoms with Crippen LogP contribution in [0.5, 0.6) is 0 Å². The lowest BCUT2D eigenvalue weighted by Gasteiger charge is -2.06. The average molecular weight is 435 g/mol. The molecule has 7 heteroatoms. The molecule has 1 N–H and O–H groups in total. The van der Waals surface area contributed by atoms with Gasteiger partial charge in [0.1, 0.15) is 0 Å². The summed E-state index contributed by atoms with van der Waals surface area (Å²) < 4.78 is 0.881. The molecule has 0 spiro atoms. The Morgan fingerprint density at radius 1 is 1.12 bits per heavy atom. The monoisotopic (exact) mass is 433 g/mol. The number of anilines is 1. The van der Waals surface area contributed by atoms with Crippen molar-refractivity contribution in [2.45, 2.75) is 5.92 Å². The van der Waals surface area contributed by atoms with Gasteiger partial charge >= 0.3 is 0 Å². The summed E-state index contributed by atoms with van der Waals surface area (Å²) in [5, 5.41) is 22.6. The SMILES string of the molecule is N#CC1(C#N)[C@H](c2ccc(Cl)cc2Cl)[C@@H]1C(=O)Nc1ccc(Br)cc1. The third-order valence-electron chi connectivity index (χ3n) is 4.27. The van der Waals surface area contributed by atoms with E-state index in [2.05, 4.69) is 21.2 Å². The van der Waals surface area contributed by atoms with E-state index in [0.29, 0.717) is 21.3 Å². The summed E-state index contributed by atoms with van der Waals surface area (Å²) in [4.78, 5) is 12.7. The van der Waals surface area contributed by atoms with Gasteiger partial charge in [0.05, 0.1) is 18.1 Å². The Kier molecular flexibility index (Phi) is 4.75. The fourth-order valence-corrected chi connectivity index (χ4v) is 3.77. The number of carbonyl (C=O) groups excluding carboxylic acids is 1. The Bertz CT molecular complexity index is 917. The van der Waals surface area contributed by atoms with Crippen LogP contribution in [-0.2, 0) is 4.79 Å². The molecule has 1 aliphatic rings. The maximum absolute atomic E-state index is 12.7. The first kappa shape index (κ1) is 17.8. The van der Waals surface area contributed by atoms with Crippen LogP contribution in [0.1, 0.15) is 11.5 Å². The second-order valence-electron chi connectivity index (χ2n) is 5.71. The Labute approximate surface area is 163 Å². The van der Waals surface area contributed by atoms with Crippen molar-refractivity contribution in [2.24, 2.45) is 11.3 Å². The maximum Gasteiger partial charge on any atom is 0.230 e. The van der Waals surface area contributed by atoms with E-state index in [1.165, 1.54) is 0 Å². The predicted octanol–water partition coefficient (Wildman–Crippen LogP) is 5.14. The second kappa shape index (κ2) is 6.69. The second-order valence-corrected chi connectivity index (χ2v) is 7.47. The Morgan fingerprint density at radius 3 is 2.32 bits per heavy atom. The van der Waals surface area contributed by atoms with Gasteiger partial charge < -0.3 is 5.32 Å². The van der Waals surface area contributed by atoms with Crippen LogP contribution in [0.4, 0.5) is 5.69 Å². The van der Waals surface area contributed by atoms with Crippen molar-refractivity contribution < 1.29 is 4.79 Å². The molecule has 0 heterocycles. The first-order chi connectivity index (χ1) is 11.9. The van der Waals surface area contributed by atoms with E-state index in [0.717, 1.165) is 4.47 Å². The molecular weight excluding hydrogens is 425 g/mol. The van der Waals surface area contributed by atoms with Crippen molar-refractivity contribution in [1.82, 2.24) is 0 Å². The van der Waals surface area contributed by atoms with Crippen molar-refractivity contribution in [2.75, 3.05) is 5.32 Å². The number of rotatable bonds is 3. The Morgan fingerprint density at radius 2 is 1.76 bits per heavy atom. The standard InChI is InChI=1S/C18H10BrCl2N3O/c19-10-1-4-12(5-2-10)24-17(25)16-15(18(16,8-22)9-23)13-6-3-11(20)7-14(13)21/h1-7,15-16H,(H,24,25)/t15-,16-/m1/s1. The molecule has 124 valence electrons. The average Bonchev–Trinajstić information content (AvgIpc) is 3.26. The van der Waals surface area contributed by atoms with Gasteiger partial charge in [0.25, 0.3) is 0 Å². The minimum Gasteiger partial charge on any atom is -0.326 e. The van der Waals surface area contributed by atoms with E-state index >= 15 is 0 Å². The van der Waals surface area contributed by atoms with Crippen molar-refractivity contribution >= 4 is 50.7 Å². The highest BCUT2D eigenvalue weighted by atomic mass is 79.9. The molecule has 0 bridgehead atoms. The van der Waals surface area contributed by atoms with E-state index in [-0.39, 0.29) is 5.91 Å². The van der Waals surface area contributed by atoms with Crippen molar-refractivity contribution in [1.29, 1.82) is 10.5 Å². The molecule has 1 amide bonds. The van der Waals surface area contributed by atoms with Gasteiger partial charge in [-0.1, -0.05) is 45.2 Å². The number of hydrogen-bond acceptors (Lipinski definition) is 3. The number of amides is 1. The van der Waals surface area contributed by atoms with Crippen LogP contribution < -0.4 is 5.32 Å². The molecule has 0 aliphatic heterocycles. The van der Waals surface area contributed by atoms with Gasteiger partial charge in [-0.2, -0.15) is 10.5 Å². The zero-order valence-corrected chi connectivity index (χ0v) is 15.7. The molecule has 0 aromatic heterocycles. The molecular formula is C18H10BrCl2N3O. The fraction of sp³-hybridized carbons (Fsp3) is 0.167. The fourth-order valence-electron chi connectivity index (χ4n) is 2.98. The minimum absolute atomic E-state index is 0.339. The molecule has 2 atom stereocenters. The predicted molar refractivity (Wildman–Crippen MR) is 99.1 cm³/mol. The van der Waals surface area contributed by atoms with Crippen molar-refractivity contribution in [3.8, 4) is 12.1 Å². The molecule has 1 aliphatic carbocycles. The minimum atomic E-state index is -1.43. The Balaban J connectivity index is 1.91. The van der Waals surface area contributed by atoms with Crippen LogP contribution in [0, 0.1) is 34.0 Å². The molecule has 4 nitrogen and oxygen atoms in total. The zero-order valence-electron chi connectivity index (χ0n) is 12.6. The maximum atomic E-state index is 12.7. The van der Waals surface area contributed by atoms with Gasteiger partial charge in [0, 0.05) is 26.1 Å². The van der Waals surface area contributed by atoms with Crippen molar-refractivity contribution in [3.05, 3.63) is 62.5 Å². The smallest absolute Gasteiger partial charge is 0.230 e. The highest BCUT2D eigenvalue weighted by molar-refractivity contribution is 9.10. The number of halogens is 3. The van der Waals surface area contributed by atoms with E-state index < -0.39 is 17.3 Å². The van der Waals surface area contributed by atoms with Gasteiger partial charge in [-0.15, -0.1) is 0 Å². The molecule has 2 aromatic carbocycles. The van der Waals surface area contributed by atoms with Crippen molar-refractivity contribution in [3.63, 3.8) is 0 Å². The summed E-state index contributed by atoms with van der Waals surface area (Å²) in [6, 6.07) is 15.9. The van der Waals surface area contributed by atoms with E-state index in [1.807, 2.05) is 12.1 Å². The third-order valence-corrected chi connectivity index (χ3v) is 5.36. The summed E-state index contributed by atoms with van der Waals surface area (Å²) in [5.74, 6) is -1.78. The quantitative estimate of drug-likeness (QED) is 0.726. The lowest BCUT2D eigenvalue weighted by Crippen LogP contribution is -2.17. The topological polar surface area (TPSA) is 76.7 Å². The molecule has 25 heavy (non-hydrogen) atoms. The lowest BCUT2D eigenvalue weighted by atomic mass is 10.0. The van der Waals surface area contributed by atoms with Crippen LogP contribution in [0.25, 0.3) is 0 Å². The lowest BCUT2D eigenvalue weighted by molar-refractivity contribution is -0.117. The molecule has 0 saturated heterocycles. The molecule has 2 aromatic rings. The van der Waals surface area contributed by atoms with Gasteiger partial charge in [-0.3, -0.25) is 4.79 Å². The van der Waals surface area contributed by atoms with Gasteiger partial charge in [-0.05, 0) is 42.0 Å². The number of benzene rings is 2. The number of nitriles is 2. The van der Waals surface area contributed by atoms with Gasteiger partial charge in [0.2, 0.25) is 5.91 Å². The van der Waals surface area contributed by atoms with Crippen LogP contribution in [0.2, 0.25) is 10.0 Å². The summed E-state index contributed by atoms with van der Waals surface area (Å²) in [6.07, 6.45) is 0. The largest absolute Gasteiger partial charge is 0.326 e. The van der Waals surface area contributed by atoms with E-state index in [4.69, 9.17) is 23.2 Å². The molecule has 0 radical (unpaired) electrons. The van der Waals surface area contributed by atoms with Gasteiger partial charge in [-0.25, -0.2) is 0 Å². The highest BCUT2D eigenvalue weighted by Gasteiger charge is 2.71. The summed E-state index contributed by atoms with van der Waals surface area (Å²) in [6.45, 7) is 0. The third kappa shape index (κ3) is 3.12. The van der Waals surface area contributed by atoms with Crippen LogP contribution in [-0.4, -0.2) is 5.91 Å². The summed E-state index contributed by atoms with van der Waals surface area (Å²) in [7, 11) is 0. The van der Waals surface area contributed by atoms with Gasteiger partial charge in [0.15, 0.2) is 5.41 Å². The zero-order chi connectivity index (χ0) is 18.2.